The minimum absolute atomic E-state index is 0.191. The van der Waals surface area contributed by atoms with Crippen molar-refractivity contribution in [2.24, 2.45) is 5.14 Å². The van der Waals surface area contributed by atoms with Gasteiger partial charge in [0.25, 0.3) is 0 Å². The molecule has 0 atom stereocenters. The highest BCUT2D eigenvalue weighted by Crippen LogP contribution is 1.96. The predicted octanol–water partition coefficient (Wildman–Crippen LogP) is 0.418. The van der Waals surface area contributed by atoms with Crippen molar-refractivity contribution in [2.75, 3.05) is 5.88 Å². The van der Waals surface area contributed by atoms with E-state index in [9.17, 15) is 8.42 Å². The fourth-order valence-electron chi connectivity index (χ4n) is 0.312. The number of halogens is 1. The van der Waals surface area contributed by atoms with Gasteiger partial charge in [-0.1, -0.05) is 0 Å². The SMILES string of the molecule is C/C(=C\S(N)(=O)=O)CCl. The largest absolute Gasteiger partial charge is 0.231 e. The lowest BCUT2D eigenvalue weighted by Crippen LogP contribution is -2.08. The molecule has 0 amide bonds. The monoisotopic (exact) mass is 169 g/mol. The fraction of sp³-hybridized carbons (Fsp3) is 0.500. The Labute approximate surface area is 59.5 Å². The van der Waals surface area contributed by atoms with Crippen LogP contribution in [0.4, 0.5) is 0 Å². The molecule has 0 aromatic carbocycles. The van der Waals surface area contributed by atoms with Gasteiger partial charge in [0, 0.05) is 11.3 Å². The molecule has 54 valence electrons. The first-order chi connectivity index (χ1) is 3.95. The molecule has 3 nitrogen and oxygen atoms in total. The Kier molecular flexibility index (Phi) is 3.17. The van der Waals surface area contributed by atoms with Crippen molar-refractivity contribution in [1.82, 2.24) is 0 Å². The van der Waals surface area contributed by atoms with E-state index in [1.165, 1.54) is 0 Å². The number of sulfonamides is 1. The molecule has 0 fully saturated rings. The molecule has 0 aromatic rings. The molecule has 5 heteroatoms. The molecule has 0 aliphatic rings. The van der Waals surface area contributed by atoms with E-state index in [2.05, 4.69) is 5.14 Å². The van der Waals surface area contributed by atoms with Gasteiger partial charge in [-0.25, -0.2) is 13.6 Å². The summed E-state index contributed by atoms with van der Waals surface area (Å²) in [5, 5.41) is 5.59. The maximum Gasteiger partial charge on any atom is 0.231 e. The van der Waals surface area contributed by atoms with Gasteiger partial charge < -0.3 is 0 Å². The highest BCUT2D eigenvalue weighted by molar-refractivity contribution is 7.92. The highest BCUT2D eigenvalue weighted by Gasteiger charge is 1.95. The average Bonchev–Trinajstić information content (AvgIpc) is 1.62. The lowest BCUT2D eigenvalue weighted by atomic mass is 10.4. The van der Waals surface area contributed by atoms with Gasteiger partial charge in [0.2, 0.25) is 10.0 Å². The fourth-order valence-corrected chi connectivity index (χ4v) is 1.12. The molecule has 0 aliphatic heterocycles. The van der Waals surface area contributed by atoms with Crippen LogP contribution in [-0.4, -0.2) is 14.3 Å². The normalized spacial score (nSPS) is 13.9. The summed E-state index contributed by atoms with van der Waals surface area (Å²) in [6.07, 6.45) is 0. The lowest BCUT2D eigenvalue weighted by molar-refractivity contribution is 0.606. The van der Waals surface area contributed by atoms with Gasteiger partial charge in [0.05, 0.1) is 0 Å². The zero-order valence-corrected chi connectivity index (χ0v) is 6.54. The van der Waals surface area contributed by atoms with E-state index >= 15 is 0 Å². The third-order valence-electron chi connectivity index (χ3n) is 0.576. The van der Waals surface area contributed by atoms with Gasteiger partial charge in [-0.05, 0) is 12.5 Å². The molecule has 0 heterocycles. The second-order valence-electron chi connectivity index (χ2n) is 1.69. The summed E-state index contributed by atoms with van der Waals surface area (Å²) in [5.41, 5.74) is 0.541. The summed E-state index contributed by atoms with van der Waals surface area (Å²) in [6.45, 7) is 1.59. The van der Waals surface area contributed by atoms with Crippen molar-refractivity contribution in [2.45, 2.75) is 6.92 Å². The third kappa shape index (κ3) is 5.82. The highest BCUT2D eigenvalue weighted by atomic mass is 35.5. The van der Waals surface area contributed by atoms with Crippen LogP contribution in [0.25, 0.3) is 0 Å². The minimum atomic E-state index is -3.48. The van der Waals surface area contributed by atoms with E-state index in [0.717, 1.165) is 5.41 Å². The second kappa shape index (κ2) is 3.20. The number of allylic oxidation sites excluding steroid dienone is 1. The maximum atomic E-state index is 10.2. The molecule has 0 radical (unpaired) electrons. The summed E-state index contributed by atoms with van der Waals surface area (Å²) in [5.74, 6) is 0.191. The van der Waals surface area contributed by atoms with E-state index in [1.807, 2.05) is 0 Å². The predicted molar refractivity (Wildman–Crippen MR) is 37.6 cm³/mol. The third-order valence-corrected chi connectivity index (χ3v) is 1.73. The molecular weight excluding hydrogens is 162 g/mol. The molecule has 2 N–H and O–H groups in total. The van der Waals surface area contributed by atoms with Gasteiger partial charge in [-0.2, -0.15) is 0 Å². The molecule has 0 bridgehead atoms. The molecule has 0 unspecified atom stereocenters. The molecule has 9 heavy (non-hydrogen) atoms. The van der Waals surface area contributed by atoms with E-state index < -0.39 is 10.0 Å². The molecular formula is C4H8ClNO2S. The van der Waals surface area contributed by atoms with Crippen molar-refractivity contribution >= 4 is 21.6 Å². The molecule has 0 saturated carbocycles. The number of alkyl halides is 1. The number of nitrogens with two attached hydrogens (primary N) is 1. The van der Waals surface area contributed by atoms with Crippen molar-refractivity contribution in [3.8, 4) is 0 Å². The van der Waals surface area contributed by atoms with Crippen LogP contribution in [0.5, 0.6) is 0 Å². The van der Waals surface area contributed by atoms with Crippen molar-refractivity contribution in [3.05, 3.63) is 11.0 Å². The van der Waals surface area contributed by atoms with Gasteiger partial charge >= 0.3 is 0 Å². The molecule has 0 spiro atoms. The molecule has 0 aromatic heterocycles. The van der Waals surface area contributed by atoms with Gasteiger partial charge in [-0.15, -0.1) is 11.6 Å². The Morgan fingerprint density at radius 2 is 2.22 bits per heavy atom. The summed E-state index contributed by atoms with van der Waals surface area (Å²) >= 11 is 5.27. The number of hydrogen-bond donors (Lipinski definition) is 1. The van der Waals surface area contributed by atoms with Gasteiger partial charge in [0.1, 0.15) is 0 Å². The molecule has 0 rings (SSSR count). The first-order valence-electron chi connectivity index (χ1n) is 2.21. The van der Waals surface area contributed by atoms with Crippen LogP contribution in [0.2, 0.25) is 0 Å². The summed E-state index contributed by atoms with van der Waals surface area (Å²) < 4.78 is 20.5. The Balaban J connectivity index is 4.32. The van der Waals surface area contributed by atoms with Crippen LogP contribution in [-0.2, 0) is 10.0 Å². The number of hydrogen-bond acceptors (Lipinski definition) is 2. The first kappa shape index (κ1) is 8.94. The van der Waals surface area contributed by atoms with Crippen LogP contribution in [0, 0.1) is 0 Å². The Morgan fingerprint density at radius 1 is 1.78 bits per heavy atom. The standard InChI is InChI=1S/C4H8ClNO2S/c1-4(2-5)3-9(6,7)8/h3H,2H2,1H3,(H2,6,7,8)/b4-3+. The van der Waals surface area contributed by atoms with E-state index in [0.29, 0.717) is 5.57 Å². The minimum Gasteiger partial charge on any atom is -0.225 e. The Bertz CT molecular complexity index is 207. The topological polar surface area (TPSA) is 60.2 Å². The van der Waals surface area contributed by atoms with Crippen LogP contribution < -0.4 is 5.14 Å². The second-order valence-corrected chi connectivity index (χ2v) is 3.37. The molecule has 0 aliphatic carbocycles. The zero-order valence-electron chi connectivity index (χ0n) is 4.96. The van der Waals surface area contributed by atoms with Gasteiger partial charge in [-0.3, -0.25) is 0 Å². The summed E-state index contributed by atoms with van der Waals surface area (Å²) in [4.78, 5) is 0. The number of primary sulfonamides is 1. The van der Waals surface area contributed by atoms with Crippen LogP contribution in [0.1, 0.15) is 6.92 Å². The summed E-state index contributed by atoms with van der Waals surface area (Å²) in [7, 11) is -3.48. The van der Waals surface area contributed by atoms with Crippen LogP contribution in [0.3, 0.4) is 0 Å². The zero-order chi connectivity index (χ0) is 7.49. The summed E-state index contributed by atoms with van der Waals surface area (Å²) in [6, 6.07) is 0. The van der Waals surface area contributed by atoms with Crippen molar-refractivity contribution < 1.29 is 8.42 Å². The quantitative estimate of drug-likeness (QED) is 0.609. The Morgan fingerprint density at radius 3 is 2.33 bits per heavy atom. The van der Waals surface area contributed by atoms with Crippen LogP contribution in [0.15, 0.2) is 11.0 Å². The Hall–Kier alpha value is -0.0600. The smallest absolute Gasteiger partial charge is 0.225 e. The van der Waals surface area contributed by atoms with E-state index in [1.54, 1.807) is 6.92 Å². The van der Waals surface area contributed by atoms with E-state index in [-0.39, 0.29) is 5.88 Å². The maximum absolute atomic E-state index is 10.2. The van der Waals surface area contributed by atoms with Crippen molar-refractivity contribution in [1.29, 1.82) is 0 Å². The van der Waals surface area contributed by atoms with E-state index in [4.69, 9.17) is 11.6 Å². The molecule has 0 saturated heterocycles. The number of rotatable bonds is 2. The van der Waals surface area contributed by atoms with Gasteiger partial charge in [0.15, 0.2) is 0 Å². The average molecular weight is 170 g/mol. The lowest BCUT2D eigenvalue weighted by Gasteiger charge is -1.89. The van der Waals surface area contributed by atoms with Crippen molar-refractivity contribution in [3.63, 3.8) is 0 Å². The first-order valence-corrected chi connectivity index (χ1v) is 4.36. The van der Waals surface area contributed by atoms with Crippen LogP contribution >= 0.6 is 11.6 Å².